The number of rotatable bonds is 9. The van der Waals surface area contributed by atoms with E-state index >= 15 is 0 Å². The number of nitrogens with one attached hydrogen (secondary N) is 1. The van der Waals surface area contributed by atoms with Crippen molar-refractivity contribution in [2.45, 2.75) is 52.9 Å². The Bertz CT molecular complexity index is 477. The standard InChI is InChI=1S/C16H27N3O3/c1-11(17)18-9-7-5-4-6-8-13(15(21)22)19-14(20)12-10-16(12,2)3/h8,12H,4-7,9-10H2,1-3H3,(H2,17,18)(H,19,20)(H,21,22)/b13-8-. The Hall–Kier alpha value is -1.85. The maximum absolute atomic E-state index is 11.9. The number of aliphatic imine (C=N–C) groups is 1. The van der Waals surface area contributed by atoms with E-state index in [2.05, 4.69) is 10.3 Å². The molecule has 6 heteroatoms. The van der Waals surface area contributed by atoms with Crippen LogP contribution in [-0.4, -0.2) is 29.4 Å². The molecule has 1 unspecified atom stereocenters. The Morgan fingerprint density at radius 2 is 2.00 bits per heavy atom. The molecule has 1 aliphatic rings. The van der Waals surface area contributed by atoms with Crippen LogP contribution in [0.1, 0.15) is 52.9 Å². The largest absolute Gasteiger partial charge is 0.477 e. The van der Waals surface area contributed by atoms with Gasteiger partial charge in [0, 0.05) is 12.5 Å². The molecule has 0 aromatic heterocycles. The van der Waals surface area contributed by atoms with Crippen molar-refractivity contribution in [1.29, 1.82) is 0 Å². The summed E-state index contributed by atoms with van der Waals surface area (Å²) in [4.78, 5) is 27.2. The van der Waals surface area contributed by atoms with Crippen LogP contribution in [0.25, 0.3) is 0 Å². The van der Waals surface area contributed by atoms with Gasteiger partial charge in [0.25, 0.3) is 0 Å². The number of hydrogen-bond donors (Lipinski definition) is 3. The maximum Gasteiger partial charge on any atom is 0.352 e. The van der Waals surface area contributed by atoms with Crippen molar-refractivity contribution in [1.82, 2.24) is 5.32 Å². The van der Waals surface area contributed by atoms with Crippen molar-refractivity contribution in [3.8, 4) is 0 Å². The number of amidine groups is 1. The predicted octanol–water partition coefficient (Wildman–Crippen LogP) is 2.05. The third-order valence-corrected chi connectivity index (χ3v) is 3.89. The summed E-state index contributed by atoms with van der Waals surface area (Å²) in [6.45, 7) is 6.47. The molecule has 1 amide bonds. The highest BCUT2D eigenvalue weighted by Crippen LogP contribution is 2.51. The van der Waals surface area contributed by atoms with Gasteiger partial charge in [-0.3, -0.25) is 9.79 Å². The molecule has 0 aromatic rings. The zero-order valence-corrected chi connectivity index (χ0v) is 13.7. The van der Waals surface area contributed by atoms with E-state index in [-0.39, 0.29) is 22.9 Å². The van der Waals surface area contributed by atoms with Gasteiger partial charge in [-0.25, -0.2) is 4.79 Å². The molecule has 4 N–H and O–H groups in total. The highest BCUT2D eigenvalue weighted by atomic mass is 16.4. The highest BCUT2D eigenvalue weighted by Gasteiger charge is 2.50. The zero-order chi connectivity index (χ0) is 16.8. The molecule has 0 saturated heterocycles. The summed E-state index contributed by atoms with van der Waals surface area (Å²) in [6.07, 6.45) is 5.76. The summed E-state index contributed by atoms with van der Waals surface area (Å²) in [5.41, 5.74) is 5.42. The van der Waals surface area contributed by atoms with Crippen LogP contribution >= 0.6 is 0 Å². The van der Waals surface area contributed by atoms with Crippen LogP contribution in [-0.2, 0) is 9.59 Å². The van der Waals surface area contributed by atoms with E-state index in [1.54, 1.807) is 13.0 Å². The number of allylic oxidation sites excluding steroid dienone is 1. The summed E-state index contributed by atoms with van der Waals surface area (Å²) >= 11 is 0. The van der Waals surface area contributed by atoms with Gasteiger partial charge in [-0.15, -0.1) is 0 Å². The lowest BCUT2D eigenvalue weighted by atomic mass is 10.1. The second-order valence-corrected chi connectivity index (χ2v) is 6.53. The maximum atomic E-state index is 11.9. The van der Waals surface area contributed by atoms with E-state index in [0.717, 1.165) is 25.7 Å². The molecule has 1 aliphatic carbocycles. The van der Waals surface area contributed by atoms with E-state index in [0.29, 0.717) is 18.8 Å². The molecule has 0 bridgehead atoms. The summed E-state index contributed by atoms with van der Waals surface area (Å²) in [6, 6.07) is 0. The van der Waals surface area contributed by atoms with Gasteiger partial charge in [0.15, 0.2) is 0 Å². The SMILES string of the molecule is CC(N)=NCCCCC/C=C(\NC(=O)C1CC1(C)C)C(=O)O. The Balaban J connectivity index is 2.32. The van der Waals surface area contributed by atoms with Crippen LogP contribution < -0.4 is 11.1 Å². The number of carbonyl (C=O) groups excluding carboxylic acids is 1. The van der Waals surface area contributed by atoms with Crippen molar-refractivity contribution in [3.05, 3.63) is 11.8 Å². The fraction of sp³-hybridized carbons (Fsp3) is 0.688. The molecule has 0 aromatic carbocycles. The minimum Gasteiger partial charge on any atom is -0.477 e. The predicted molar refractivity (Wildman–Crippen MR) is 86.4 cm³/mol. The van der Waals surface area contributed by atoms with Gasteiger partial charge in [-0.2, -0.15) is 0 Å². The van der Waals surface area contributed by atoms with Crippen molar-refractivity contribution in [3.63, 3.8) is 0 Å². The number of hydrogen-bond acceptors (Lipinski definition) is 3. The van der Waals surface area contributed by atoms with Gasteiger partial charge >= 0.3 is 5.97 Å². The smallest absolute Gasteiger partial charge is 0.352 e. The van der Waals surface area contributed by atoms with Crippen LogP contribution in [0, 0.1) is 11.3 Å². The molecule has 1 fully saturated rings. The second kappa shape index (κ2) is 7.96. The average molecular weight is 309 g/mol. The number of carbonyl (C=O) groups is 2. The fourth-order valence-electron chi connectivity index (χ4n) is 2.26. The Kier molecular flexibility index (Phi) is 6.59. The number of carboxylic acids is 1. The molecular weight excluding hydrogens is 282 g/mol. The van der Waals surface area contributed by atoms with Gasteiger partial charge in [-0.05, 0) is 38.0 Å². The topological polar surface area (TPSA) is 105 Å². The van der Waals surface area contributed by atoms with Gasteiger partial charge in [-0.1, -0.05) is 26.3 Å². The van der Waals surface area contributed by atoms with Crippen LogP contribution in [0.4, 0.5) is 0 Å². The molecule has 0 radical (unpaired) electrons. The van der Waals surface area contributed by atoms with Gasteiger partial charge in [0.2, 0.25) is 5.91 Å². The van der Waals surface area contributed by atoms with E-state index in [1.807, 2.05) is 13.8 Å². The Morgan fingerprint density at radius 1 is 1.36 bits per heavy atom. The first-order valence-electron chi connectivity index (χ1n) is 7.75. The number of nitrogens with two attached hydrogens (primary N) is 1. The summed E-state index contributed by atoms with van der Waals surface area (Å²) in [5.74, 6) is -0.770. The lowest BCUT2D eigenvalue weighted by molar-refractivity contribution is -0.135. The van der Waals surface area contributed by atoms with Crippen molar-refractivity contribution in [2.24, 2.45) is 22.1 Å². The first kappa shape index (κ1) is 18.2. The van der Waals surface area contributed by atoms with Crippen molar-refractivity contribution >= 4 is 17.7 Å². The first-order valence-corrected chi connectivity index (χ1v) is 7.75. The van der Waals surface area contributed by atoms with Gasteiger partial charge in [0.1, 0.15) is 5.70 Å². The quantitative estimate of drug-likeness (QED) is 0.262. The molecule has 1 rings (SSSR count). The molecule has 124 valence electrons. The van der Waals surface area contributed by atoms with E-state index in [9.17, 15) is 9.59 Å². The van der Waals surface area contributed by atoms with E-state index in [1.165, 1.54) is 0 Å². The van der Waals surface area contributed by atoms with Crippen LogP contribution in [0.2, 0.25) is 0 Å². The molecule has 1 saturated carbocycles. The Morgan fingerprint density at radius 3 is 2.50 bits per heavy atom. The van der Waals surface area contributed by atoms with Crippen molar-refractivity contribution < 1.29 is 14.7 Å². The highest BCUT2D eigenvalue weighted by molar-refractivity contribution is 5.94. The third-order valence-electron chi connectivity index (χ3n) is 3.89. The molecular formula is C16H27N3O3. The molecule has 0 heterocycles. The Labute approximate surface area is 131 Å². The number of amides is 1. The summed E-state index contributed by atoms with van der Waals surface area (Å²) < 4.78 is 0. The van der Waals surface area contributed by atoms with Crippen LogP contribution in [0.5, 0.6) is 0 Å². The van der Waals surface area contributed by atoms with Gasteiger partial charge in [0.05, 0.1) is 5.84 Å². The first-order chi connectivity index (χ1) is 10.2. The molecule has 0 aliphatic heterocycles. The molecule has 6 nitrogen and oxygen atoms in total. The average Bonchev–Trinajstić information content (AvgIpc) is 3.04. The molecule has 0 spiro atoms. The number of carboxylic acid groups (broad SMARTS) is 1. The summed E-state index contributed by atoms with van der Waals surface area (Å²) in [7, 11) is 0. The van der Waals surface area contributed by atoms with E-state index < -0.39 is 5.97 Å². The second-order valence-electron chi connectivity index (χ2n) is 6.53. The minimum atomic E-state index is -1.09. The van der Waals surface area contributed by atoms with Crippen molar-refractivity contribution in [2.75, 3.05) is 6.54 Å². The van der Waals surface area contributed by atoms with Crippen LogP contribution in [0.15, 0.2) is 16.8 Å². The van der Waals surface area contributed by atoms with Gasteiger partial charge < -0.3 is 16.2 Å². The molecule has 1 atom stereocenters. The minimum absolute atomic E-state index is 0.00463. The number of nitrogens with zero attached hydrogens (tertiary/aromatic N) is 1. The lowest BCUT2D eigenvalue weighted by Crippen LogP contribution is -2.29. The number of unbranched alkanes of at least 4 members (excludes halogenated alkanes) is 3. The number of aliphatic carboxylic acids is 1. The lowest BCUT2D eigenvalue weighted by Gasteiger charge is -2.07. The van der Waals surface area contributed by atoms with E-state index in [4.69, 9.17) is 10.8 Å². The van der Waals surface area contributed by atoms with Crippen LogP contribution in [0.3, 0.4) is 0 Å². The molecule has 22 heavy (non-hydrogen) atoms. The fourth-order valence-corrected chi connectivity index (χ4v) is 2.26. The zero-order valence-electron chi connectivity index (χ0n) is 13.7. The normalized spacial score (nSPS) is 20.6. The monoisotopic (exact) mass is 309 g/mol. The third kappa shape index (κ3) is 6.28. The summed E-state index contributed by atoms with van der Waals surface area (Å²) in [5, 5.41) is 11.7.